The van der Waals surface area contributed by atoms with Crippen molar-refractivity contribution in [3.05, 3.63) is 52.1 Å². The fourth-order valence-corrected chi connectivity index (χ4v) is 3.42. The number of ether oxygens (including phenoxy) is 3. The molecule has 9 heteroatoms. The Balaban J connectivity index is 1.67. The summed E-state index contributed by atoms with van der Waals surface area (Å²) in [4.78, 5) is 16.5. The lowest BCUT2D eigenvalue weighted by Gasteiger charge is -2.08. The van der Waals surface area contributed by atoms with E-state index in [0.717, 1.165) is 5.56 Å². The predicted octanol–water partition coefficient (Wildman–Crippen LogP) is 4.75. The normalized spacial score (nSPS) is 10.4. The molecule has 146 valence electrons. The van der Waals surface area contributed by atoms with Gasteiger partial charge in [0.1, 0.15) is 11.5 Å². The van der Waals surface area contributed by atoms with Crippen LogP contribution in [0.15, 0.2) is 46.3 Å². The average molecular weight is 467 g/mol. The van der Waals surface area contributed by atoms with Crippen molar-refractivity contribution in [2.75, 3.05) is 26.1 Å². The number of benzene rings is 2. The van der Waals surface area contributed by atoms with Crippen molar-refractivity contribution in [1.29, 1.82) is 0 Å². The molecule has 0 fully saturated rings. The van der Waals surface area contributed by atoms with E-state index in [1.165, 1.54) is 23.5 Å². The van der Waals surface area contributed by atoms with Crippen LogP contribution in [0.25, 0.3) is 11.3 Å². The Labute approximate surface area is 173 Å². The summed E-state index contributed by atoms with van der Waals surface area (Å²) in [5.41, 5.74) is 1.38. The number of nitrogens with zero attached hydrogens (tertiary/aromatic N) is 1. The van der Waals surface area contributed by atoms with E-state index >= 15 is 0 Å². The minimum atomic E-state index is -0.552. The minimum absolute atomic E-state index is 0.000653. The summed E-state index contributed by atoms with van der Waals surface area (Å²) in [5, 5.41) is 4.83. The van der Waals surface area contributed by atoms with Gasteiger partial charge in [-0.25, -0.2) is 9.37 Å². The molecule has 0 aliphatic carbocycles. The molecule has 3 rings (SSSR count). The van der Waals surface area contributed by atoms with Crippen molar-refractivity contribution < 1.29 is 23.4 Å². The van der Waals surface area contributed by atoms with Crippen LogP contribution < -0.4 is 19.5 Å². The summed E-state index contributed by atoms with van der Waals surface area (Å²) in [5.74, 6) is 0.307. The second-order valence-electron chi connectivity index (χ2n) is 5.52. The molecule has 1 N–H and O–H groups in total. The molecule has 0 saturated carbocycles. The molecule has 0 aliphatic rings. The molecule has 3 aromatic rings. The van der Waals surface area contributed by atoms with Crippen LogP contribution in [0.5, 0.6) is 17.2 Å². The topological polar surface area (TPSA) is 69.7 Å². The maximum Gasteiger partial charge on any atom is 0.264 e. The quantitative estimate of drug-likeness (QED) is 0.544. The van der Waals surface area contributed by atoms with Crippen LogP contribution in [-0.4, -0.2) is 31.7 Å². The van der Waals surface area contributed by atoms with Crippen molar-refractivity contribution in [3.63, 3.8) is 0 Å². The van der Waals surface area contributed by atoms with Gasteiger partial charge in [0.15, 0.2) is 23.3 Å². The molecule has 2 aromatic carbocycles. The molecule has 0 atom stereocenters. The molecule has 1 heterocycles. The monoisotopic (exact) mass is 466 g/mol. The third-order valence-corrected chi connectivity index (χ3v) is 4.94. The number of anilines is 1. The second-order valence-corrected chi connectivity index (χ2v) is 7.29. The predicted molar refractivity (Wildman–Crippen MR) is 109 cm³/mol. The third kappa shape index (κ3) is 4.79. The first-order chi connectivity index (χ1) is 13.5. The van der Waals surface area contributed by atoms with Gasteiger partial charge in [-0.3, -0.25) is 10.1 Å². The number of aromatic nitrogens is 1. The van der Waals surface area contributed by atoms with Gasteiger partial charge in [-0.05, 0) is 36.4 Å². The van der Waals surface area contributed by atoms with Crippen LogP contribution >= 0.6 is 27.3 Å². The van der Waals surface area contributed by atoms with E-state index in [1.807, 2.05) is 0 Å². The first kappa shape index (κ1) is 20.1. The lowest BCUT2D eigenvalue weighted by Crippen LogP contribution is -2.20. The summed E-state index contributed by atoms with van der Waals surface area (Å²) in [6.07, 6.45) is 0. The minimum Gasteiger partial charge on any atom is -0.497 e. The Kier molecular flexibility index (Phi) is 6.48. The Morgan fingerprint density at radius 1 is 1.18 bits per heavy atom. The molecule has 28 heavy (non-hydrogen) atoms. The number of methoxy groups -OCH3 is 2. The molecule has 0 saturated heterocycles. The van der Waals surface area contributed by atoms with Gasteiger partial charge in [-0.15, -0.1) is 11.3 Å². The van der Waals surface area contributed by atoms with E-state index in [4.69, 9.17) is 14.2 Å². The lowest BCUT2D eigenvalue weighted by atomic mass is 10.1. The van der Waals surface area contributed by atoms with Gasteiger partial charge in [0.05, 0.1) is 19.9 Å². The molecule has 1 amide bonds. The van der Waals surface area contributed by atoms with Crippen molar-refractivity contribution in [2.24, 2.45) is 0 Å². The van der Waals surface area contributed by atoms with Crippen LogP contribution in [0.3, 0.4) is 0 Å². The zero-order chi connectivity index (χ0) is 20.1. The van der Waals surface area contributed by atoms with Crippen molar-refractivity contribution in [2.45, 2.75) is 0 Å². The molecular weight excluding hydrogens is 451 g/mol. The summed E-state index contributed by atoms with van der Waals surface area (Å²) in [7, 11) is 3.14. The van der Waals surface area contributed by atoms with Crippen molar-refractivity contribution in [1.82, 2.24) is 4.98 Å². The number of nitrogens with one attached hydrogen (secondary N) is 1. The SMILES string of the molecule is COc1ccc(OC)c(-c2csc(NC(=O)COc3ccc(Br)cc3F)n2)c1. The van der Waals surface area contributed by atoms with Crippen LogP contribution in [0.2, 0.25) is 0 Å². The van der Waals surface area contributed by atoms with Gasteiger partial charge in [0.2, 0.25) is 0 Å². The number of carbonyl (C=O) groups is 1. The van der Waals surface area contributed by atoms with E-state index in [2.05, 4.69) is 26.2 Å². The van der Waals surface area contributed by atoms with Gasteiger partial charge in [-0.2, -0.15) is 0 Å². The summed E-state index contributed by atoms with van der Waals surface area (Å²) in [6.45, 7) is -0.337. The van der Waals surface area contributed by atoms with E-state index < -0.39 is 11.7 Å². The fraction of sp³-hybridized carbons (Fsp3) is 0.158. The fourth-order valence-electron chi connectivity index (χ4n) is 2.36. The van der Waals surface area contributed by atoms with Crippen molar-refractivity contribution in [3.8, 4) is 28.5 Å². The lowest BCUT2D eigenvalue weighted by molar-refractivity contribution is -0.118. The summed E-state index contributed by atoms with van der Waals surface area (Å²) in [6, 6.07) is 9.72. The zero-order valence-electron chi connectivity index (χ0n) is 15.0. The van der Waals surface area contributed by atoms with E-state index in [-0.39, 0.29) is 12.4 Å². The van der Waals surface area contributed by atoms with Gasteiger partial charge >= 0.3 is 0 Å². The van der Waals surface area contributed by atoms with E-state index in [1.54, 1.807) is 43.9 Å². The highest BCUT2D eigenvalue weighted by atomic mass is 79.9. The molecular formula is C19H16BrFN2O4S. The largest absolute Gasteiger partial charge is 0.497 e. The van der Waals surface area contributed by atoms with Crippen LogP contribution in [-0.2, 0) is 4.79 Å². The standard InChI is InChI=1S/C19H16BrFN2O4S/c1-25-12-4-6-16(26-2)13(8-12)15-10-28-19(22-15)23-18(24)9-27-17-5-3-11(20)7-14(17)21/h3-8,10H,9H2,1-2H3,(H,22,23,24). The zero-order valence-corrected chi connectivity index (χ0v) is 17.4. The molecule has 1 aromatic heterocycles. The Morgan fingerprint density at radius 3 is 2.68 bits per heavy atom. The highest BCUT2D eigenvalue weighted by Gasteiger charge is 2.14. The molecule has 0 aliphatic heterocycles. The maximum absolute atomic E-state index is 13.7. The highest BCUT2D eigenvalue weighted by Crippen LogP contribution is 2.35. The molecule has 0 spiro atoms. The van der Waals surface area contributed by atoms with Gasteiger partial charge in [0.25, 0.3) is 5.91 Å². The molecule has 0 radical (unpaired) electrons. The summed E-state index contributed by atoms with van der Waals surface area (Å²) < 4.78 is 30.1. The van der Waals surface area contributed by atoms with Gasteiger partial charge in [0, 0.05) is 15.4 Å². The Bertz CT molecular complexity index is 996. The highest BCUT2D eigenvalue weighted by molar-refractivity contribution is 9.10. The number of hydrogen-bond acceptors (Lipinski definition) is 6. The van der Waals surface area contributed by atoms with Crippen LogP contribution in [0.1, 0.15) is 0 Å². The van der Waals surface area contributed by atoms with E-state index in [0.29, 0.717) is 26.8 Å². The van der Waals surface area contributed by atoms with Crippen LogP contribution in [0, 0.1) is 5.82 Å². The average Bonchev–Trinajstić information content (AvgIpc) is 3.15. The number of carbonyl (C=O) groups excluding carboxylic acids is 1. The van der Waals surface area contributed by atoms with Crippen molar-refractivity contribution >= 4 is 38.3 Å². The molecule has 0 bridgehead atoms. The van der Waals surface area contributed by atoms with Gasteiger partial charge < -0.3 is 14.2 Å². The third-order valence-electron chi connectivity index (χ3n) is 3.69. The second kappa shape index (κ2) is 9.03. The first-order valence-corrected chi connectivity index (χ1v) is 9.73. The number of thiazole rings is 1. The Hall–Kier alpha value is -2.65. The van der Waals surface area contributed by atoms with Gasteiger partial charge in [-0.1, -0.05) is 15.9 Å². The number of amides is 1. The number of rotatable bonds is 7. The van der Waals surface area contributed by atoms with Crippen LogP contribution in [0.4, 0.5) is 9.52 Å². The molecule has 0 unspecified atom stereocenters. The Morgan fingerprint density at radius 2 is 1.96 bits per heavy atom. The number of hydrogen-bond donors (Lipinski definition) is 1. The smallest absolute Gasteiger partial charge is 0.264 e. The molecule has 6 nitrogen and oxygen atoms in total. The van der Waals surface area contributed by atoms with E-state index in [9.17, 15) is 9.18 Å². The maximum atomic E-state index is 13.7. The first-order valence-electron chi connectivity index (χ1n) is 8.05. The summed E-state index contributed by atoms with van der Waals surface area (Å²) >= 11 is 4.42. The number of halogens is 2.